The lowest BCUT2D eigenvalue weighted by molar-refractivity contribution is -0.125. The summed E-state index contributed by atoms with van der Waals surface area (Å²) in [6, 6.07) is 0. The topological polar surface area (TPSA) is 41.1 Å². The van der Waals surface area contributed by atoms with Crippen LogP contribution in [0.25, 0.3) is 0 Å². The molecule has 3 heteroatoms. The number of carbonyl (C=O) groups is 1. The monoisotopic (exact) mass is 170 g/mol. The molecule has 3 nitrogen and oxygen atoms in total. The third kappa shape index (κ3) is 2.81. The van der Waals surface area contributed by atoms with E-state index in [1.54, 1.807) is 0 Å². The minimum Gasteiger partial charge on any atom is -0.356 e. The maximum Gasteiger partial charge on any atom is 0.224 e. The zero-order valence-electron chi connectivity index (χ0n) is 7.73. The molecular weight excluding hydrogens is 152 g/mol. The van der Waals surface area contributed by atoms with Crippen LogP contribution in [0.4, 0.5) is 0 Å². The van der Waals surface area contributed by atoms with Crippen LogP contribution < -0.4 is 10.6 Å². The van der Waals surface area contributed by atoms with Gasteiger partial charge in [-0.15, -0.1) is 0 Å². The Balaban J connectivity index is 2.20. The largest absolute Gasteiger partial charge is 0.356 e. The van der Waals surface area contributed by atoms with E-state index in [4.69, 9.17) is 0 Å². The molecule has 1 aliphatic rings. The molecule has 0 spiro atoms. The summed E-state index contributed by atoms with van der Waals surface area (Å²) < 4.78 is 0. The first-order valence-electron chi connectivity index (χ1n) is 4.83. The normalized spacial score (nSPS) is 23.6. The van der Waals surface area contributed by atoms with Crippen molar-refractivity contribution in [1.82, 2.24) is 10.6 Å². The number of nitrogens with one attached hydrogen (secondary N) is 2. The highest BCUT2D eigenvalue weighted by molar-refractivity contribution is 5.78. The minimum atomic E-state index is 0.213. The molecular formula is C9H18N2O. The molecule has 12 heavy (non-hydrogen) atoms. The average Bonchev–Trinajstić information content (AvgIpc) is 2.15. The highest BCUT2D eigenvalue weighted by Crippen LogP contribution is 2.09. The van der Waals surface area contributed by atoms with Gasteiger partial charge in [0.2, 0.25) is 5.91 Å². The first kappa shape index (κ1) is 9.52. The molecule has 1 heterocycles. The Morgan fingerprint density at radius 1 is 1.67 bits per heavy atom. The Bertz CT molecular complexity index is 141. The third-order valence-electron chi connectivity index (χ3n) is 2.22. The third-order valence-corrected chi connectivity index (χ3v) is 2.22. The summed E-state index contributed by atoms with van der Waals surface area (Å²) >= 11 is 0. The Morgan fingerprint density at radius 2 is 2.50 bits per heavy atom. The molecule has 0 aromatic rings. The van der Waals surface area contributed by atoms with E-state index in [0.29, 0.717) is 0 Å². The van der Waals surface area contributed by atoms with Crippen LogP contribution in [0.2, 0.25) is 0 Å². The highest BCUT2D eigenvalue weighted by atomic mass is 16.1. The van der Waals surface area contributed by atoms with Gasteiger partial charge < -0.3 is 10.6 Å². The summed E-state index contributed by atoms with van der Waals surface area (Å²) in [5.74, 6) is 0.439. The molecule has 0 aromatic heterocycles. The molecule has 0 unspecified atom stereocenters. The Hall–Kier alpha value is -0.570. The number of hydrogen-bond donors (Lipinski definition) is 2. The molecule has 1 atom stereocenters. The van der Waals surface area contributed by atoms with Gasteiger partial charge in [0.05, 0.1) is 5.92 Å². The maximum atomic E-state index is 11.4. The van der Waals surface area contributed by atoms with Gasteiger partial charge in [-0.25, -0.2) is 0 Å². The second-order valence-corrected chi connectivity index (χ2v) is 3.33. The van der Waals surface area contributed by atoms with Gasteiger partial charge in [-0.1, -0.05) is 6.92 Å². The Morgan fingerprint density at radius 3 is 3.08 bits per heavy atom. The quantitative estimate of drug-likeness (QED) is 0.648. The van der Waals surface area contributed by atoms with Crippen LogP contribution in [0.5, 0.6) is 0 Å². The number of piperidine rings is 1. The first-order valence-corrected chi connectivity index (χ1v) is 4.83. The van der Waals surface area contributed by atoms with Gasteiger partial charge >= 0.3 is 0 Å². The van der Waals surface area contributed by atoms with Crippen LogP contribution in [0.15, 0.2) is 0 Å². The molecule has 0 radical (unpaired) electrons. The summed E-state index contributed by atoms with van der Waals surface area (Å²) in [6.07, 6.45) is 3.19. The summed E-state index contributed by atoms with van der Waals surface area (Å²) in [4.78, 5) is 11.4. The zero-order valence-corrected chi connectivity index (χ0v) is 7.73. The van der Waals surface area contributed by atoms with E-state index in [0.717, 1.165) is 38.9 Å². The first-order chi connectivity index (χ1) is 5.84. The van der Waals surface area contributed by atoms with Crippen molar-refractivity contribution in [2.45, 2.75) is 26.2 Å². The van der Waals surface area contributed by atoms with E-state index in [2.05, 4.69) is 17.6 Å². The van der Waals surface area contributed by atoms with Crippen molar-refractivity contribution in [3.05, 3.63) is 0 Å². The second-order valence-electron chi connectivity index (χ2n) is 3.33. The molecule has 0 aliphatic carbocycles. The minimum absolute atomic E-state index is 0.213. The van der Waals surface area contributed by atoms with E-state index in [-0.39, 0.29) is 11.8 Å². The predicted molar refractivity (Wildman–Crippen MR) is 48.9 cm³/mol. The molecule has 0 bridgehead atoms. The van der Waals surface area contributed by atoms with Crippen LogP contribution in [0.3, 0.4) is 0 Å². The predicted octanol–water partition coefficient (Wildman–Crippen LogP) is 0.512. The fourth-order valence-electron chi connectivity index (χ4n) is 1.47. The van der Waals surface area contributed by atoms with Crippen LogP contribution in [0.1, 0.15) is 26.2 Å². The SMILES string of the molecule is CCCNC(=O)[C@H]1CCCNC1. The van der Waals surface area contributed by atoms with Crippen molar-refractivity contribution in [1.29, 1.82) is 0 Å². The molecule has 70 valence electrons. The van der Waals surface area contributed by atoms with Crippen molar-refractivity contribution in [2.24, 2.45) is 5.92 Å². The number of carbonyl (C=O) groups excluding carboxylic acids is 1. The van der Waals surface area contributed by atoms with E-state index >= 15 is 0 Å². The molecule has 2 N–H and O–H groups in total. The second kappa shape index (κ2) is 5.14. The fraction of sp³-hybridized carbons (Fsp3) is 0.889. The van der Waals surface area contributed by atoms with Gasteiger partial charge in [-0.3, -0.25) is 4.79 Å². The van der Waals surface area contributed by atoms with E-state index in [1.807, 2.05) is 0 Å². The number of amides is 1. The van der Waals surface area contributed by atoms with Crippen LogP contribution in [0, 0.1) is 5.92 Å². The smallest absolute Gasteiger partial charge is 0.224 e. The fourth-order valence-corrected chi connectivity index (χ4v) is 1.47. The molecule has 1 fully saturated rings. The van der Waals surface area contributed by atoms with E-state index in [9.17, 15) is 4.79 Å². The average molecular weight is 170 g/mol. The molecule has 1 aliphatic heterocycles. The Kier molecular flexibility index (Phi) is 4.08. The van der Waals surface area contributed by atoms with Crippen molar-refractivity contribution in [3.63, 3.8) is 0 Å². The number of hydrogen-bond acceptors (Lipinski definition) is 2. The van der Waals surface area contributed by atoms with Gasteiger partial charge in [-0.05, 0) is 25.8 Å². The van der Waals surface area contributed by atoms with Crippen molar-refractivity contribution < 1.29 is 4.79 Å². The van der Waals surface area contributed by atoms with Crippen molar-refractivity contribution >= 4 is 5.91 Å². The standard InChI is InChI=1S/C9H18N2O/c1-2-5-11-9(12)8-4-3-6-10-7-8/h8,10H,2-7H2,1H3,(H,11,12)/t8-/m0/s1. The molecule has 1 saturated heterocycles. The van der Waals surface area contributed by atoms with Crippen LogP contribution in [-0.2, 0) is 4.79 Å². The van der Waals surface area contributed by atoms with Gasteiger partial charge in [0.15, 0.2) is 0 Å². The Labute approximate surface area is 73.9 Å². The van der Waals surface area contributed by atoms with E-state index in [1.165, 1.54) is 0 Å². The summed E-state index contributed by atoms with van der Waals surface area (Å²) in [5.41, 5.74) is 0. The number of rotatable bonds is 3. The lowest BCUT2D eigenvalue weighted by Gasteiger charge is -2.21. The summed E-state index contributed by atoms with van der Waals surface area (Å²) in [7, 11) is 0. The summed E-state index contributed by atoms with van der Waals surface area (Å²) in [6.45, 7) is 4.81. The molecule has 1 amide bonds. The summed E-state index contributed by atoms with van der Waals surface area (Å²) in [5, 5.41) is 6.15. The van der Waals surface area contributed by atoms with Gasteiger partial charge in [0.1, 0.15) is 0 Å². The maximum absolute atomic E-state index is 11.4. The lowest BCUT2D eigenvalue weighted by atomic mass is 9.99. The van der Waals surface area contributed by atoms with E-state index < -0.39 is 0 Å². The van der Waals surface area contributed by atoms with Crippen LogP contribution >= 0.6 is 0 Å². The van der Waals surface area contributed by atoms with Crippen LogP contribution in [-0.4, -0.2) is 25.5 Å². The van der Waals surface area contributed by atoms with Crippen molar-refractivity contribution in [3.8, 4) is 0 Å². The van der Waals surface area contributed by atoms with Crippen molar-refractivity contribution in [2.75, 3.05) is 19.6 Å². The molecule has 0 saturated carbocycles. The van der Waals surface area contributed by atoms with Gasteiger partial charge in [0, 0.05) is 13.1 Å². The van der Waals surface area contributed by atoms with Gasteiger partial charge in [0.25, 0.3) is 0 Å². The van der Waals surface area contributed by atoms with Gasteiger partial charge in [-0.2, -0.15) is 0 Å². The lowest BCUT2D eigenvalue weighted by Crippen LogP contribution is -2.40. The highest BCUT2D eigenvalue weighted by Gasteiger charge is 2.19. The zero-order chi connectivity index (χ0) is 8.81. The molecule has 1 rings (SSSR count). The molecule has 0 aromatic carbocycles.